The smallest absolute Gasteiger partial charge is 0.248 e. The lowest BCUT2D eigenvalue weighted by atomic mass is 10.1. The molecule has 5 nitrogen and oxygen atoms in total. The number of halogens is 2. The van der Waals surface area contributed by atoms with Gasteiger partial charge in [0.2, 0.25) is 5.88 Å². The second-order valence-corrected chi connectivity index (χ2v) is 6.21. The van der Waals surface area contributed by atoms with E-state index in [4.69, 9.17) is 22.1 Å². The maximum absolute atomic E-state index is 13.3. The number of fused-ring (bicyclic) bond motifs is 1. The summed E-state index contributed by atoms with van der Waals surface area (Å²) >= 11 is 5.80. The van der Waals surface area contributed by atoms with E-state index in [1.165, 1.54) is 24.5 Å². The standard InChI is InChI=1S/C20H14ClFN4O/c21-16-10-14(6-8-17(16)22)26-19-18(23)20(25-11-24-19)27-15-7-5-12-3-1-2-4-13(12)9-15/h1-11H,23H2,(H,24,25,26). The topological polar surface area (TPSA) is 73.1 Å². The number of nitrogens with one attached hydrogen (secondary N) is 1. The highest BCUT2D eigenvalue weighted by molar-refractivity contribution is 6.31. The molecule has 134 valence electrons. The van der Waals surface area contributed by atoms with Crippen LogP contribution in [0.15, 0.2) is 67.0 Å². The molecule has 0 aliphatic rings. The van der Waals surface area contributed by atoms with E-state index < -0.39 is 5.82 Å². The zero-order valence-electron chi connectivity index (χ0n) is 14.0. The van der Waals surface area contributed by atoms with E-state index in [0.717, 1.165) is 10.8 Å². The minimum atomic E-state index is -0.502. The Kier molecular flexibility index (Phi) is 4.48. The van der Waals surface area contributed by atoms with Crippen molar-refractivity contribution in [3.63, 3.8) is 0 Å². The summed E-state index contributed by atoms with van der Waals surface area (Å²) in [6.07, 6.45) is 1.33. The molecule has 3 N–H and O–H groups in total. The lowest BCUT2D eigenvalue weighted by Crippen LogP contribution is -2.03. The summed E-state index contributed by atoms with van der Waals surface area (Å²) in [5, 5.41) is 5.14. The van der Waals surface area contributed by atoms with Gasteiger partial charge in [-0.1, -0.05) is 41.9 Å². The van der Waals surface area contributed by atoms with Crippen LogP contribution in [-0.4, -0.2) is 9.97 Å². The minimum Gasteiger partial charge on any atom is -0.437 e. The van der Waals surface area contributed by atoms with Crippen molar-refractivity contribution in [2.75, 3.05) is 11.1 Å². The van der Waals surface area contributed by atoms with Crippen LogP contribution in [0.2, 0.25) is 5.02 Å². The molecule has 0 fully saturated rings. The lowest BCUT2D eigenvalue weighted by molar-refractivity contribution is 0.465. The molecule has 0 bridgehead atoms. The highest BCUT2D eigenvalue weighted by Crippen LogP contribution is 2.32. The summed E-state index contributed by atoms with van der Waals surface area (Å²) in [5.41, 5.74) is 6.91. The quantitative estimate of drug-likeness (QED) is 0.486. The Bertz CT molecular complexity index is 1140. The maximum atomic E-state index is 13.3. The summed E-state index contributed by atoms with van der Waals surface area (Å²) in [6, 6.07) is 17.9. The maximum Gasteiger partial charge on any atom is 0.248 e. The summed E-state index contributed by atoms with van der Waals surface area (Å²) < 4.78 is 19.1. The van der Waals surface area contributed by atoms with Crippen molar-refractivity contribution in [2.24, 2.45) is 0 Å². The van der Waals surface area contributed by atoms with Gasteiger partial charge in [0, 0.05) is 5.69 Å². The molecule has 0 spiro atoms. The summed E-state index contributed by atoms with van der Waals surface area (Å²) in [7, 11) is 0. The third-order valence-corrected chi connectivity index (χ3v) is 4.25. The third kappa shape index (κ3) is 3.61. The molecule has 27 heavy (non-hydrogen) atoms. The number of nitrogens with zero attached hydrogens (tertiary/aromatic N) is 2. The number of hydrogen-bond acceptors (Lipinski definition) is 5. The van der Waals surface area contributed by atoms with Gasteiger partial charge in [-0.15, -0.1) is 0 Å². The molecule has 0 saturated heterocycles. The Morgan fingerprint density at radius 1 is 0.963 bits per heavy atom. The van der Waals surface area contributed by atoms with E-state index in [1.54, 1.807) is 0 Å². The van der Waals surface area contributed by atoms with Crippen molar-refractivity contribution >= 4 is 39.6 Å². The van der Waals surface area contributed by atoms with Crippen LogP contribution < -0.4 is 15.8 Å². The average molecular weight is 381 g/mol. The molecule has 0 saturated carbocycles. The van der Waals surface area contributed by atoms with Crippen molar-refractivity contribution in [3.05, 3.63) is 77.8 Å². The zero-order valence-corrected chi connectivity index (χ0v) is 14.7. The van der Waals surface area contributed by atoms with Crippen molar-refractivity contribution < 1.29 is 9.13 Å². The van der Waals surface area contributed by atoms with E-state index in [2.05, 4.69) is 15.3 Å². The molecule has 0 aliphatic heterocycles. The number of anilines is 3. The molecular weight excluding hydrogens is 367 g/mol. The van der Waals surface area contributed by atoms with Crippen molar-refractivity contribution in [1.82, 2.24) is 9.97 Å². The van der Waals surface area contributed by atoms with Crippen molar-refractivity contribution in [1.29, 1.82) is 0 Å². The van der Waals surface area contributed by atoms with Gasteiger partial charge in [-0.2, -0.15) is 4.98 Å². The summed E-state index contributed by atoms with van der Waals surface area (Å²) in [4.78, 5) is 8.22. The molecule has 3 aromatic carbocycles. The molecule has 0 aliphatic carbocycles. The number of ether oxygens (including phenoxy) is 1. The Morgan fingerprint density at radius 2 is 1.78 bits per heavy atom. The molecule has 1 aromatic heterocycles. The van der Waals surface area contributed by atoms with Crippen LogP contribution in [0.1, 0.15) is 0 Å². The fraction of sp³-hybridized carbons (Fsp3) is 0. The zero-order chi connectivity index (χ0) is 18.8. The fourth-order valence-electron chi connectivity index (χ4n) is 2.61. The van der Waals surface area contributed by atoms with Crippen LogP contribution in [0.3, 0.4) is 0 Å². The number of nitrogens with two attached hydrogens (primary N) is 1. The van der Waals surface area contributed by atoms with Gasteiger partial charge in [0.15, 0.2) is 5.82 Å². The first-order valence-electron chi connectivity index (χ1n) is 8.09. The number of benzene rings is 3. The van der Waals surface area contributed by atoms with Crippen LogP contribution in [0, 0.1) is 5.82 Å². The molecule has 0 unspecified atom stereocenters. The largest absolute Gasteiger partial charge is 0.437 e. The molecule has 4 aromatic rings. The van der Waals surface area contributed by atoms with Crippen molar-refractivity contribution in [2.45, 2.75) is 0 Å². The van der Waals surface area contributed by atoms with Gasteiger partial charge in [0.05, 0.1) is 5.02 Å². The van der Waals surface area contributed by atoms with E-state index >= 15 is 0 Å². The number of rotatable bonds is 4. The minimum absolute atomic E-state index is 0.000245. The van der Waals surface area contributed by atoms with Crippen LogP contribution in [-0.2, 0) is 0 Å². The lowest BCUT2D eigenvalue weighted by Gasteiger charge is -2.12. The van der Waals surface area contributed by atoms with E-state index in [0.29, 0.717) is 17.3 Å². The van der Waals surface area contributed by atoms with Gasteiger partial charge in [-0.3, -0.25) is 0 Å². The molecule has 0 amide bonds. The van der Waals surface area contributed by atoms with Gasteiger partial charge in [-0.25, -0.2) is 9.37 Å². The van der Waals surface area contributed by atoms with E-state index in [9.17, 15) is 4.39 Å². The highest BCUT2D eigenvalue weighted by Gasteiger charge is 2.12. The monoisotopic (exact) mass is 380 g/mol. The second-order valence-electron chi connectivity index (χ2n) is 5.81. The van der Waals surface area contributed by atoms with Crippen molar-refractivity contribution in [3.8, 4) is 11.6 Å². The first kappa shape index (κ1) is 17.1. The fourth-order valence-corrected chi connectivity index (χ4v) is 2.79. The van der Waals surface area contributed by atoms with Gasteiger partial charge < -0.3 is 15.8 Å². The molecule has 7 heteroatoms. The van der Waals surface area contributed by atoms with E-state index in [1.807, 2.05) is 42.5 Å². The first-order chi connectivity index (χ1) is 13.1. The van der Waals surface area contributed by atoms with Gasteiger partial charge in [0.1, 0.15) is 23.6 Å². The van der Waals surface area contributed by atoms with Crippen LogP contribution in [0.25, 0.3) is 10.8 Å². The molecule has 4 rings (SSSR count). The molecule has 0 atom stereocenters. The summed E-state index contributed by atoms with van der Waals surface area (Å²) in [5.74, 6) is 0.660. The average Bonchev–Trinajstić information content (AvgIpc) is 2.68. The third-order valence-electron chi connectivity index (χ3n) is 3.97. The normalized spacial score (nSPS) is 10.7. The number of hydrogen-bond donors (Lipinski definition) is 2. The summed E-state index contributed by atoms with van der Waals surface area (Å²) in [6.45, 7) is 0. The molecular formula is C20H14ClFN4O. The second kappa shape index (κ2) is 7.09. The van der Waals surface area contributed by atoms with Gasteiger partial charge in [-0.05, 0) is 41.1 Å². The van der Waals surface area contributed by atoms with Crippen LogP contribution >= 0.6 is 11.6 Å². The Balaban J connectivity index is 1.61. The van der Waals surface area contributed by atoms with Gasteiger partial charge >= 0.3 is 0 Å². The Labute approximate surface area is 159 Å². The Hall–Kier alpha value is -3.38. The molecule has 0 radical (unpaired) electrons. The number of nitrogen functional groups attached to an aromatic ring is 1. The molecule has 1 heterocycles. The predicted molar refractivity (Wildman–Crippen MR) is 105 cm³/mol. The highest BCUT2D eigenvalue weighted by atomic mass is 35.5. The van der Waals surface area contributed by atoms with Crippen LogP contribution in [0.4, 0.5) is 21.6 Å². The van der Waals surface area contributed by atoms with Gasteiger partial charge in [0.25, 0.3) is 0 Å². The SMILES string of the molecule is Nc1c(Nc2ccc(F)c(Cl)c2)ncnc1Oc1ccc2ccccc2c1. The van der Waals surface area contributed by atoms with Crippen LogP contribution in [0.5, 0.6) is 11.6 Å². The first-order valence-corrected chi connectivity index (χ1v) is 8.47. The Morgan fingerprint density at radius 3 is 2.59 bits per heavy atom. The predicted octanol–water partition coefficient (Wildman–Crippen LogP) is 5.54. The number of aromatic nitrogens is 2. The van der Waals surface area contributed by atoms with E-state index in [-0.39, 0.29) is 16.6 Å².